The van der Waals surface area contributed by atoms with Crippen molar-refractivity contribution in [3.8, 4) is 0 Å². The molecule has 0 heterocycles. The maximum atomic E-state index is 14.0. The molecule has 0 amide bonds. The number of rotatable bonds is 9. The van der Waals surface area contributed by atoms with Crippen LogP contribution >= 0.6 is 0 Å². The van der Waals surface area contributed by atoms with E-state index in [0.717, 1.165) is 12.1 Å². The van der Waals surface area contributed by atoms with E-state index in [1.807, 2.05) is 0 Å². The van der Waals surface area contributed by atoms with Crippen LogP contribution in [-0.2, 0) is 5.60 Å². The molecule has 1 rings (SSSR count). The van der Waals surface area contributed by atoms with Crippen molar-refractivity contribution < 1.29 is 84.1 Å². The van der Waals surface area contributed by atoms with Gasteiger partial charge >= 0.3 is 47.6 Å². The van der Waals surface area contributed by atoms with Gasteiger partial charge in [-0.2, -0.15) is 74.6 Å². The molecule has 0 aliphatic carbocycles. The predicted molar refractivity (Wildman–Crippen MR) is 81.3 cm³/mol. The molecule has 36 heavy (non-hydrogen) atoms. The maximum absolute atomic E-state index is 14.0. The first-order valence-corrected chi connectivity index (χ1v) is 8.66. The second kappa shape index (κ2) is 8.47. The van der Waals surface area contributed by atoms with Gasteiger partial charge in [0.05, 0.1) is 12.0 Å². The SMILES string of the molecule is CC(O)(CC(F)(F)C(F)(F)C(F)(F)C(F)(F)C(F)(F)C(F)(F)C(F)(F)C(F)(F)F)c1ccccc1F. The first kappa shape index (κ1) is 31.9. The number of hydrogen-bond donors (Lipinski definition) is 1. The first-order valence-electron chi connectivity index (χ1n) is 8.66. The summed E-state index contributed by atoms with van der Waals surface area (Å²) in [5.74, 6) is -59.2. The normalized spacial score (nSPS) is 17.2. The molecule has 1 nitrogen and oxygen atoms in total. The molecule has 0 radical (unpaired) electrons. The van der Waals surface area contributed by atoms with Crippen LogP contribution in [-0.4, -0.2) is 52.7 Å². The van der Waals surface area contributed by atoms with Crippen molar-refractivity contribution in [3.63, 3.8) is 0 Å². The van der Waals surface area contributed by atoms with Crippen LogP contribution in [0.1, 0.15) is 18.9 Å². The van der Waals surface area contributed by atoms with E-state index in [4.69, 9.17) is 0 Å². The lowest BCUT2D eigenvalue weighted by Gasteiger charge is -2.43. The van der Waals surface area contributed by atoms with Crippen LogP contribution in [0.4, 0.5) is 79.0 Å². The van der Waals surface area contributed by atoms with Crippen molar-refractivity contribution >= 4 is 0 Å². The molecule has 0 spiro atoms. The van der Waals surface area contributed by atoms with Crippen LogP contribution in [0.2, 0.25) is 0 Å². The van der Waals surface area contributed by atoms with Crippen LogP contribution in [0.3, 0.4) is 0 Å². The van der Waals surface area contributed by atoms with Gasteiger partial charge in [-0.25, -0.2) is 4.39 Å². The standard InChI is InChI=1S/C17H10F18O/c1-9(36,7-4-2-3-5-8(7)18)6-10(19,20)11(21,22)12(23,24)13(25,26)14(27,28)15(29,30)16(31,32)17(33,34)35/h2-5,36H,6H2,1H3. The molecular formula is C17H10F18O. The third-order valence-electron chi connectivity index (χ3n) is 4.81. The van der Waals surface area contributed by atoms with Gasteiger partial charge in [0.15, 0.2) is 0 Å². The summed E-state index contributed by atoms with van der Waals surface area (Å²) >= 11 is 0. The van der Waals surface area contributed by atoms with Gasteiger partial charge in [0, 0.05) is 5.56 Å². The van der Waals surface area contributed by atoms with Crippen molar-refractivity contribution in [2.45, 2.75) is 66.6 Å². The fourth-order valence-corrected chi connectivity index (χ4v) is 2.73. The van der Waals surface area contributed by atoms with Gasteiger partial charge in [0.25, 0.3) is 0 Å². The zero-order valence-corrected chi connectivity index (χ0v) is 16.8. The van der Waals surface area contributed by atoms with Crippen molar-refractivity contribution in [2.75, 3.05) is 0 Å². The highest BCUT2D eigenvalue weighted by atomic mass is 19.4. The Morgan fingerprint density at radius 3 is 1.25 bits per heavy atom. The Labute approximate surface area is 187 Å². The average molecular weight is 572 g/mol. The molecule has 1 unspecified atom stereocenters. The van der Waals surface area contributed by atoms with Gasteiger partial charge in [-0.3, -0.25) is 0 Å². The van der Waals surface area contributed by atoms with Gasteiger partial charge in [-0.15, -0.1) is 0 Å². The lowest BCUT2D eigenvalue weighted by molar-refractivity contribution is -0.462. The van der Waals surface area contributed by atoms with E-state index < -0.39 is 71.0 Å². The molecule has 0 saturated heterocycles. The summed E-state index contributed by atoms with van der Waals surface area (Å²) < 4.78 is 239. The zero-order valence-electron chi connectivity index (χ0n) is 16.8. The summed E-state index contributed by atoms with van der Waals surface area (Å²) in [7, 11) is 0. The van der Waals surface area contributed by atoms with Crippen molar-refractivity contribution in [1.82, 2.24) is 0 Å². The molecule has 0 bridgehead atoms. The Kier molecular flexibility index (Phi) is 7.52. The fourth-order valence-electron chi connectivity index (χ4n) is 2.73. The van der Waals surface area contributed by atoms with E-state index in [2.05, 4.69) is 0 Å². The second-order valence-electron chi connectivity index (χ2n) is 7.58. The number of hydrogen-bond acceptors (Lipinski definition) is 1. The first-order chi connectivity index (χ1) is 15.5. The largest absolute Gasteiger partial charge is 0.460 e. The summed E-state index contributed by atoms with van der Waals surface area (Å²) in [5, 5.41) is 9.84. The van der Waals surface area contributed by atoms with E-state index in [1.165, 1.54) is 0 Å². The fraction of sp³-hybridized carbons (Fsp3) is 0.647. The molecular weight excluding hydrogens is 562 g/mol. The molecule has 0 aliphatic rings. The van der Waals surface area contributed by atoms with Crippen LogP contribution in [0.15, 0.2) is 24.3 Å². The van der Waals surface area contributed by atoms with Gasteiger partial charge in [0.1, 0.15) is 5.82 Å². The Bertz CT molecular complexity index is 945. The Hall–Kier alpha value is -2.08. The summed E-state index contributed by atoms with van der Waals surface area (Å²) in [6.07, 6.45) is -11.0. The van der Waals surface area contributed by atoms with Crippen molar-refractivity contribution in [3.05, 3.63) is 35.6 Å². The molecule has 1 aromatic rings. The van der Waals surface area contributed by atoms with E-state index in [-0.39, 0.29) is 6.92 Å². The Balaban J connectivity index is 3.64. The molecule has 1 aromatic carbocycles. The highest BCUT2D eigenvalue weighted by Gasteiger charge is 2.95. The molecule has 0 saturated carbocycles. The highest BCUT2D eigenvalue weighted by Crippen LogP contribution is 2.64. The molecule has 0 fully saturated rings. The highest BCUT2D eigenvalue weighted by molar-refractivity contribution is 5.25. The molecule has 19 heteroatoms. The number of benzene rings is 1. The Morgan fingerprint density at radius 1 is 0.556 bits per heavy atom. The monoisotopic (exact) mass is 572 g/mol. The topological polar surface area (TPSA) is 20.2 Å². The summed E-state index contributed by atoms with van der Waals surface area (Å²) in [5.41, 5.74) is -5.04. The van der Waals surface area contributed by atoms with Crippen LogP contribution < -0.4 is 0 Å². The van der Waals surface area contributed by atoms with Crippen molar-refractivity contribution in [1.29, 1.82) is 0 Å². The zero-order chi connectivity index (χ0) is 29.2. The lowest BCUT2D eigenvalue weighted by atomic mass is 9.83. The molecule has 0 aromatic heterocycles. The van der Waals surface area contributed by atoms with Crippen LogP contribution in [0.5, 0.6) is 0 Å². The third kappa shape index (κ3) is 4.33. The summed E-state index contributed by atoms with van der Waals surface area (Å²) in [4.78, 5) is 0. The lowest BCUT2D eigenvalue weighted by Crippen LogP contribution is -2.74. The quantitative estimate of drug-likeness (QED) is 0.306. The predicted octanol–water partition coefficient (Wildman–Crippen LogP) is 7.43. The minimum atomic E-state index is -8.74. The minimum absolute atomic E-state index is 0.0261. The summed E-state index contributed by atoms with van der Waals surface area (Å²) in [6, 6.07) is 2.38. The molecule has 0 aliphatic heterocycles. The molecule has 210 valence electrons. The molecule has 1 atom stereocenters. The van der Waals surface area contributed by atoms with Crippen LogP contribution in [0.25, 0.3) is 0 Å². The van der Waals surface area contributed by atoms with Gasteiger partial charge in [-0.05, 0) is 13.0 Å². The van der Waals surface area contributed by atoms with E-state index >= 15 is 0 Å². The van der Waals surface area contributed by atoms with Gasteiger partial charge in [-0.1, -0.05) is 18.2 Å². The van der Waals surface area contributed by atoms with E-state index in [0.29, 0.717) is 12.1 Å². The van der Waals surface area contributed by atoms with Gasteiger partial charge < -0.3 is 5.11 Å². The molecule has 1 N–H and O–H groups in total. The minimum Gasteiger partial charge on any atom is -0.385 e. The maximum Gasteiger partial charge on any atom is 0.460 e. The second-order valence-corrected chi connectivity index (χ2v) is 7.58. The number of aliphatic hydroxyl groups is 1. The van der Waals surface area contributed by atoms with E-state index in [9.17, 15) is 84.1 Å². The third-order valence-corrected chi connectivity index (χ3v) is 4.81. The number of alkyl halides is 17. The van der Waals surface area contributed by atoms with E-state index in [1.54, 1.807) is 0 Å². The number of halogens is 18. The van der Waals surface area contributed by atoms with Crippen LogP contribution in [0, 0.1) is 5.82 Å². The smallest absolute Gasteiger partial charge is 0.385 e. The summed E-state index contributed by atoms with van der Waals surface area (Å²) in [6.45, 7) is 0.0261. The Morgan fingerprint density at radius 2 is 0.889 bits per heavy atom. The average Bonchev–Trinajstić information content (AvgIpc) is 2.65. The van der Waals surface area contributed by atoms with Gasteiger partial charge in [0.2, 0.25) is 0 Å². The van der Waals surface area contributed by atoms with Crippen molar-refractivity contribution in [2.24, 2.45) is 0 Å².